The van der Waals surface area contributed by atoms with Gasteiger partial charge in [0.15, 0.2) is 0 Å². The number of aryl methyl sites for hydroxylation is 1. The molecule has 1 atom stereocenters. The second-order valence-electron chi connectivity index (χ2n) is 4.48. The predicted molar refractivity (Wildman–Crippen MR) is 67.6 cm³/mol. The summed E-state index contributed by atoms with van der Waals surface area (Å²) in [6.07, 6.45) is 1.22. The molecule has 5 heteroatoms. The van der Waals surface area contributed by atoms with Crippen molar-refractivity contribution >= 4 is 11.7 Å². The number of carbonyl (C=O) groups is 1. The third-order valence-corrected chi connectivity index (χ3v) is 2.83. The second-order valence-corrected chi connectivity index (χ2v) is 4.48. The zero-order valence-electron chi connectivity index (χ0n) is 10.5. The minimum Gasteiger partial charge on any atom is -0.481 e. The summed E-state index contributed by atoms with van der Waals surface area (Å²) >= 11 is 0. The van der Waals surface area contributed by atoms with Crippen molar-refractivity contribution < 1.29 is 14.8 Å². The maximum Gasteiger partial charge on any atom is 0.303 e. The average Bonchev–Trinajstić information content (AvgIpc) is 2.27. The van der Waals surface area contributed by atoms with Crippen LogP contribution < -0.4 is 0 Å². The van der Waals surface area contributed by atoms with E-state index in [1.807, 2.05) is 19.9 Å². The van der Waals surface area contributed by atoms with Gasteiger partial charge in [-0.05, 0) is 24.3 Å². The summed E-state index contributed by atoms with van der Waals surface area (Å²) in [7, 11) is 0. The fourth-order valence-electron chi connectivity index (χ4n) is 1.98. The largest absolute Gasteiger partial charge is 0.481 e. The Morgan fingerprint density at radius 2 is 2.17 bits per heavy atom. The van der Waals surface area contributed by atoms with Crippen LogP contribution in [-0.2, 0) is 17.6 Å². The molecule has 1 N–H and O–H groups in total. The Hall–Kier alpha value is -1.91. The smallest absolute Gasteiger partial charge is 0.303 e. The highest BCUT2D eigenvalue weighted by Crippen LogP contribution is 2.23. The predicted octanol–water partition coefficient (Wildman–Crippen LogP) is 2.81. The molecule has 0 radical (unpaired) electrons. The maximum atomic E-state index is 10.9. The van der Waals surface area contributed by atoms with Gasteiger partial charge >= 0.3 is 5.97 Å². The molecule has 0 aliphatic carbocycles. The average molecular weight is 251 g/mol. The summed E-state index contributed by atoms with van der Waals surface area (Å²) in [5, 5.41) is 19.6. The summed E-state index contributed by atoms with van der Waals surface area (Å²) < 4.78 is 0. The van der Waals surface area contributed by atoms with Gasteiger partial charge in [0, 0.05) is 18.1 Å². The van der Waals surface area contributed by atoms with Crippen LogP contribution in [0.5, 0.6) is 0 Å². The molecule has 0 amide bonds. The van der Waals surface area contributed by atoms with Crippen LogP contribution in [0.4, 0.5) is 5.69 Å². The molecule has 1 unspecified atom stereocenters. The Kier molecular flexibility index (Phi) is 4.83. The minimum atomic E-state index is -0.845. The number of hydrogen-bond acceptors (Lipinski definition) is 3. The topological polar surface area (TPSA) is 80.4 Å². The van der Waals surface area contributed by atoms with Gasteiger partial charge in [-0.15, -0.1) is 0 Å². The van der Waals surface area contributed by atoms with Gasteiger partial charge in [0.05, 0.1) is 4.92 Å². The number of rotatable bonds is 6. The first-order chi connectivity index (χ1) is 8.43. The van der Waals surface area contributed by atoms with Crippen molar-refractivity contribution in [2.24, 2.45) is 5.92 Å². The minimum absolute atomic E-state index is 0.0328. The van der Waals surface area contributed by atoms with Crippen molar-refractivity contribution in [2.45, 2.75) is 33.1 Å². The van der Waals surface area contributed by atoms with E-state index in [1.54, 1.807) is 12.1 Å². The molecule has 0 spiro atoms. The molecule has 0 aromatic heterocycles. The third kappa shape index (κ3) is 3.84. The van der Waals surface area contributed by atoms with Crippen molar-refractivity contribution in [2.75, 3.05) is 0 Å². The van der Waals surface area contributed by atoms with Crippen LogP contribution in [0.15, 0.2) is 18.2 Å². The number of aliphatic carboxylic acids is 1. The Morgan fingerprint density at radius 1 is 1.50 bits per heavy atom. The molecule has 98 valence electrons. The first kappa shape index (κ1) is 14.2. The number of carboxylic acid groups (broad SMARTS) is 1. The quantitative estimate of drug-likeness (QED) is 0.622. The zero-order valence-corrected chi connectivity index (χ0v) is 10.5. The van der Waals surface area contributed by atoms with Gasteiger partial charge in [-0.25, -0.2) is 0 Å². The molecule has 0 saturated carbocycles. The second kappa shape index (κ2) is 6.14. The Morgan fingerprint density at radius 3 is 2.67 bits per heavy atom. The third-order valence-electron chi connectivity index (χ3n) is 2.83. The van der Waals surface area contributed by atoms with Gasteiger partial charge in [-0.1, -0.05) is 26.0 Å². The zero-order chi connectivity index (χ0) is 13.7. The summed E-state index contributed by atoms with van der Waals surface area (Å²) in [5.74, 6) is -0.878. The van der Waals surface area contributed by atoms with E-state index in [9.17, 15) is 14.9 Å². The highest BCUT2D eigenvalue weighted by Gasteiger charge is 2.15. The van der Waals surface area contributed by atoms with Gasteiger partial charge < -0.3 is 5.11 Å². The molecule has 1 aromatic rings. The van der Waals surface area contributed by atoms with Gasteiger partial charge in [-0.2, -0.15) is 0 Å². The van der Waals surface area contributed by atoms with Crippen molar-refractivity contribution in [1.82, 2.24) is 0 Å². The molecule has 0 aliphatic rings. The van der Waals surface area contributed by atoms with Gasteiger partial charge in [0.2, 0.25) is 0 Å². The van der Waals surface area contributed by atoms with Crippen molar-refractivity contribution in [3.63, 3.8) is 0 Å². The molecule has 1 rings (SSSR count). The highest BCUT2D eigenvalue weighted by molar-refractivity contribution is 5.67. The SMILES string of the molecule is CCc1ccc(CC(C)CC(=O)O)cc1[N+](=O)[O-]. The van der Waals surface area contributed by atoms with E-state index in [2.05, 4.69) is 0 Å². The molecular formula is C13H17NO4. The van der Waals surface area contributed by atoms with Crippen LogP contribution >= 0.6 is 0 Å². The van der Waals surface area contributed by atoms with Crippen molar-refractivity contribution in [1.29, 1.82) is 0 Å². The van der Waals surface area contributed by atoms with Crippen LogP contribution in [0, 0.1) is 16.0 Å². The Bertz CT molecular complexity index is 456. The molecule has 18 heavy (non-hydrogen) atoms. The molecule has 0 bridgehead atoms. The van der Waals surface area contributed by atoms with Gasteiger partial charge in [0.1, 0.15) is 0 Å². The van der Waals surface area contributed by atoms with E-state index in [1.165, 1.54) is 0 Å². The van der Waals surface area contributed by atoms with Crippen LogP contribution in [0.1, 0.15) is 31.4 Å². The number of hydrogen-bond donors (Lipinski definition) is 1. The lowest BCUT2D eigenvalue weighted by Crippen LogP contribution is -2.07. The lowest BCUT2D eigenvalue weighted by atomic mass is 9.96. The summed E-state index contributed by atoms with van der Waals surface area (Å²) in [6.45, 7) is 3.70. The summed E-state index contributed by atoms with van der Waals surface area (Å²) in [5.41, 5.74) is 1.64. The normalized spacial score (nSPS) is 12.1. The number of nitrogens with zero attached hydrogens (tertiary/aromatic N) is 1. The molecule has 0 aliphatic heterocycles. The fourth-order valence-corrected chi connectivity index (χ4v) is 1.98. The van der Waals surface area contributed by atoms with E-state index in [0.717, 1.165) is 5.56 Å². The fraction of sp³-hybridized carbons (Fsp3) is 0.462. The molecule has 5 nitrogen and oxygen atoms in total. The Labute approximate surface area is 106 Å². The molecule has 1 aromatic carbocycles. The lowest BCUT2D eigenvalue weighted by molar-refractivity contribution is -0.385. The summed E-state index contributed by atoms with van der Waals surface area (Å²) in [6, 6.07) is 5.14. The standard InChI is InChI=1S/C13H17NO4/c1-3-11-5-4-10(8-12(11)14(17)18)6-9(2)7-13(15)16/h4-5,8-9H,3,6-7H2,1-2H3,(H,15,16). The van der Waals surface area contributed by atoms with Crippen LogP contribution in [-0.4, -0.2) is 16.0 Å². The molecule has 0 fully saturated rings. The number of carboxylic acids is 1. The van der Waals surface area contributed by atoms with Crippen LogP contribution in [0.3, 0.4) is 0 Å². The van der Waals surface area contributed by atoms with E-state index < -0.39 is 5.97 Å². The van der Waals surface area contributed by atoms with Gasteiger partial charge in [0.25, 0.3) is 5.69 Å². The van der Waals surface area contributed by atoms with Crippen LogP contribution in [0.25, 0.3) is 0 Å². The van der Waals surface area contributed by atoms with Crippen molar-refractivity contribution in [3.8, 4) is 0 Å². The molecule has 0 heterocycles. The van der Waals surface area contributed by atoms with Crippen molar-refractivity contribution in [3.05, 3.63) is 39.4 Å². The first-order valence-electron chi connectivity index (χ1n) is 5.92. The number of benzene rings is 1. The Balaban J connectivity index is 2.88. The number of nitro benzene ring substituents is 1. The summed E-state index contributed by atoms with van der Waals surface area (Å²) in [4.78, 5) is 21.1. The monoisotopic (exact) mass is 251 g/mol. The first-order valence-corrected chi connectivity index (χ1v) is 5.92. The van der Waals surface area contributed by atoms with E-state index in [-0.39, 0.29) is 22.9 Å². The van der Waals surface area contributed by atoms with E-state index in [4.69, 9.17) is 5.11 Å². The highest BCUT2D eigenvalue weighted by atomic mass is 16.6. The molecule has 0 saturated heterocycles. The molecular weight excluding hydrogens is 234 g/mol. The van der Waals surface area contributed by atoms with Gasteiger partial charge in [-0.3, -0.25) is 14.9 Å². The lowest BCUT2D eigenvalue weighted by Gasteiger charge is -2.09. The maximum absolute atomic E-state index is 10.9. The van der Waals surface area contributed by atoms with E-state index in [0.29, 0.717) is 18.4 Å². The van der Waals surface area contributed by atoms with Crippen LogP contribution in [0.2, 0.25) is 0 Å². The number of nitro groups is 1. The van der Waals surface area contributed by atoms with E-state index >= 15 is 0 Å².